The van der Waals surface area contributed by atoms with Gasteiger partial charge in [0.05, 0.1) is 22.6 Å². The average molecular weight is 446 g/mol. The highest BCUT2D eigenvalue weighted by Crippen LogP contribution is 2.34. The zero-order chi connectivity index (χ0) is 23.3. The van der Waals surface area contributed by atoms with Crippen LogP contribution in [0.5, 0.6) is 0 Å². The summed E-state index contributed by atoms with van der Waals surface area (Å²) in [5.41, 5.74) is 6.29. The van der Waals surface area contributed by atoms with Crippen LogP contribution in [-0.2, 0) is 11.6 Å². The Labute approximate surface area is 183 Å². The number of hydrogen-bond acceptors (Lipinski definition) is 5. The summed E-state index contributed by atoms with van der Waals surface area (Å²) in [6, 6.07) is 4.29. The summed E-state index contributed by atoms with van der Waals surface area (Å²) < 4.78 is 42.1. The van der Waals surface area contributed by atoms with Crippen LogP contribution in [0.1, 0.15) is 67.0 Å². The van der Waals surface area contributed by atoms with Gasteiger partial charge in [-0.1, -0.05) is 20.8 Å². The van der Waals surface area contributed by atoms with Gasteiger partial charge in [-0.05, 0) is 25.0 Å². The van der Waals surface area contributed by atoms with Crippen molar-refractivity contribution in [3.63, 3.8) is 0 Å². The maximum absolute atomic E-state index is 13.7. The van der Waals surface area contributed by atoms with Crippen LogP contribution >= 0.6 is 0 Å². The van der Waals surface area contributed by atoms with Crippen molar-refractivity contribution < 1.29 is 18.0 Å². The highest BCUT2D eigenvalue weighted by molar-refractivity contribution is 5.94. The van der Waals surface area contributed by atoms with E-state index < -0.39 is 17.3 Å². The Morgan fingerprint density at radius 2 is 1.78 bits per heavy atom. The first-order valence-electron chi connectivity index (χ1n) is 10.4. The standard InChI is InChI=1S/C22H25F3N6O/c1-21(2,3)17-10-18(22(23,24)25)31-19(28-17)9-16(29-31)13-4-6-30(7-5-13)20(32)14-8-15(26)12-27-11-14/h8-13H,4-7,26H2,1-3H3. The predicted octanol–water partition coefficient (Wildman–Crippen LogP) is 4.04. The summed E-state index contributed by atoms with van der Waals surface area (Å²) in [6.07, 6.45) is -0.408. The molecule has 4 rings (SSSR count). The van der Waals surface area contributed by atoms with Crippen LogP contribution < -0.4 is 5.73 Å². The van der Waals surface area contributed by atoms with Gasteiger partial charge in [-0.25, -0.2) is 9.50 Å². The van der Waals surface area contributed by atoms with E-state index in [0.29, 0.717) is 48.6 Å². The van der Waals surface area contributed by atoms with Crippen molar-refractivity contribution in [3.8, 4) is 0 Å². The second-order valence-electron chi connectivity index (χ2n) is 9.19. The summed E-state index contributed by atoms with van der Waals surface area (Å²) in [5.74, 6) is -0.215. The summed E-state index contributed by atoms with van der Waals surface area (Å²) in [7, 11) is 0. The first-order valence-corrected chi connectivity index (χ1v) is 10.4. The minimum atomic E-state index is -4.55. The minimum Gasteiger partial charge on any atom is -0.397 e. The lowest BCUT2D eigenvalue weighted by atomic mass is 9.91. The smallest absolute Gasteiger partial charge is 0.397 e. The number of halogens is 3. The van der Waals surface area contributed by atoms with Gasteiger partial charge in [-0.15, -0.1) is 0 Å². The number of nitrogen functional groups attached to an aromatic ring is 1. The molecule has 7 nitrogen and oxygen atoms in total. The molecule has 3 aromatic heterocycles. The molecule has 3 aromatic rings. The fourth-order valence-electron chi connectivity index (χ4n) is 3.91. The molecule has 0 atom stereocenters. The first-order chi connectivity index (χ1) is 14.9. The summed E-state index contributed by atoms with van der Waals surface area (Å²) in [4.78, 5) is 22.8. The number of nitrogens with two attached hydrogens (primary N) is 1. The number of amides is 1. The Bertz CT molecular complexity index is 1160. The van der Waals surface area contributed by atoms with E-state index >= 15 is 0 Å². The molecule has 2 N–H and O–H groups in total. The van der Waals surface area contributed by atoms with E-state index in [1.54, 1.807) is 17.0 Å². The average Bonchev–Trinajstić information content (AvgIpc) is 3.15. The fourth-order valence-corrected chi connectivity index (χ4v) is 3.91. The molecule has 0 spiro atoms. The van der Waals surface area contributed by atoms with Gasteiger partial charge in [-0.3, -0.25) is 9.78 Å². The molecule has 1 fully saturated rings. The molecule has 1 amide bonds. The SMILES string of the molecule is CC(C)(C)c1cc(C(F)(F)F)n2nc(C3CCN(C(=O)c4cncc(N)c4)CC3)cc2n1. The van der Waals surface area contributed by atoms with E-state index in [4.69, 9.17) is 5.73 Å². The van der Waals surface area contributed by atoms with Crippen molar-refractivity contribution in [1.29, 1.82) is 0 Å². The third-order valence-electron chi connectivity index (χ3n) is 5.71. The number of rotatable bonds is 2. The van der Waals surface area contributed by atoms with Crippen LogP contribution in [0.15, 0.2) is 30.6 Å². The maximum Gasteiger partial charge on any atom is 0.433 e. The molecule has 0 radical (unpaired) electrons. The number of carbonyl (C=O) groups excluding carboxylic acids is 1. The number of carbonyl (C=O) groups is 1. The van der Waals surface area contributed by atoms with Gasteiger partial charge in [0.15, 0.2) is 5.65 Å². The summed E-state index contributed by atoms with van der Waals surface area (Å²) in [5, 5.41) is 4.27. The van der Waals surface area contributed by atoms with Crippen LogP contribution in [-0.4, -0.2) is 43.5 Å². The monoisotopic (exact) mass is 446 g/mol. The zero-order valence-corrected chi connectivity index (χ0v) is 18.1. The predicted molar refractivity (Wildman–Crippen MR) is 113 cm³/mol. The molecule has 32 heavy (non-hydrogen) atoms. The Balaban J connectivity index is 1.58. The molecule has 10 heteroatoms. The number of fused-ring (bicyclic) bond motifs is 1. The number of aromatic nitrogens is 4. The van der Waals surface area contributed by atoms with Crippen molar-refractivity contribution >= 4 is 17.2 Å². The van der Waals surface area contributed by atoms with Gasteiger partial charge in [0, 0.05) is 42.9 Å². The second kappa shape index (κ2) is 7.75. The quantitative estimate of drug-likeness (QED) is 0.642. The van der Waals surface area contributed by atoms with Gasteiger partial charge in [0.1, 0.15) is 5.69 Å². The number of likely N-dealkylation sites (tertiary alicyclic amines) is 1. The Hall–Kier alpha value is -3.17. The molecule has 0 saturated carbocycles. The lowest BCUT2D eigenvalue weighted by Gasteiger charge is -2.31. The molecule has 0 aromatic carbocycles. The lowest BCUT2D eigenvalue weighted by Crippen LogP contribution is -2.38. The highest BCUT2D eigenvalue weighted by atomic mass is 19.4. The number of alkyl halides is 3. The van der Waals surface area contributed by atoms with Gasteiger partial charge in [-0.2, -0.15) is 18.3 Å². The van der Waals surface area contributed by atoms with Crippen LogP contribution in [0, 0.1) is 0 Å². The topological polar surface area (TPSA) is 89.4 Å². The summed E-state index contributed by atoms with van der Waals surface area (Å²) in [6.45, 7) is 6.42. The first kappa shape index (κ1) is 22.0. The molecule has 4 heterocycles. The van der Waals surface area contributed by atoms with Crippen molar-refractivity contribution in [2.75, 3.05) is 18.8 Å². The van der Waals surface area contributed by atoms with Gasteiger partial charge < -0.3 is 10.6 Å². The number of nitrogens with zero attached hydrogens (tertiary/aromatic N) is 5. The van der Waals surface area contributed by atoms with Gasteiger partial charge >= 0.3 is 6.18 Å². The third-order valence-corrected chi connectivity index (χ3v) is 5.71. The van der Waals surface area contributed by atoms with E-state index in [2.05, 4.69) is 15.1 Å². The number of hydrogen-bond donors (Lipinski definition) is 1. The van der Waals surface area contributed by atoms with Crippen LogP contribution in [0.25, 0.3) is 5.65 Å². The third kappa shape index (κ3) is 4.26. The Morgan fingerprint density at radius 1 is 1.09 bits per heavy atom. The van der Waals surface area contributed by atoms with Crippen molar-refractivity contribution in [2.24, 2.45) is 0 Å². The molecule has 1 aliphatic rings. The molecular weight excluding hydrogens is 421 g/mol. The molecule has 1 saturated heterocycles. The molecule has 0 aliphatic carbocycles. The lowest BCUT2D eigenvalue weighted by molar-refractivity contribution is -0.142. The van der Waals surface area contributed by atoms with Crippen molar-refractivity contribution in [1.82, 2.24) is 24.5 Å². The molecule has 0 bridgehead atoms. The van der Waals surface area contributed by atoms with E-state index in [-0.39, 0.29) is 17.5 Å². The van der Waals surface area contributed by atoms with E-state index in [1.807, 2.05) is 20.8 Å². The molecular formula is C22H25F3N6O. The number of pyridine rings is 1. The highest BCUT2D eigenvalue weighted by Gasteiger charge is 2.37. The Morgan fingerprint density at radius 3 is 2.38 bits per heavy atom. The van der Waals surface area contributed by atoms with Crippen LogP contribution in [0.3, 0.4) is 0 Å². The van der Waals surface area contributed by atoms with Crippen molar-refractivity contribution in [3.05, 3.63) is 53.2 Å². The zero-order valence-electron chi connectivity index (χ0n) is 18.1. The molecule has 0 unspecified atom stereocenters. The number of anilines is 1. The maximum atomic E-state index is 13.7. The number of piperidine rings is 1. The van der Waals surface area contributed by atoms with E-state index in [1.165, 1.54) is 12.4 Å². The van der Waals surface area contributed by atoms with E-state index in [9.17, 15) is 18.0 Å². The molecule has 170 valence electrons. The Kier molecular flexibility index (Phi) is 5.34. The van der Waals surface area contributed by atoms with Crippen LogP contribution in [0.2, 0.25) is 0 Å². The van der Waals surface area contributed by atoms with E-state index in [0.717, 1.165) is 10.6 Å². The molecule has 1 aliphatic heterocycles. The largest absolute Gasteiger partial charge is 0.433 e. The fraction of sp³-hybridized carbons (Fsp3) is 0.455. The van der Waals surface area contributed by atoms with Crippen molar-refractivity contribution in [2.45, 2.75) is 51.1 Å². The minimum absolute atomic E-state index is 0.0566. The second-order valence-corrected chi connectivity index (χ2v) is 9.19. The summed E-state index contributed by atoms with van der Waals surface area (Å²) >= 11 is 0. The van der Waals surface area contributed by atoms with Gasteiger partial charge in [0.2, 0.25) is 0 Å². The normalized spacial score (nSPS) is 16.0. The van der Waals surface area contributed by atoms with Gasteiger partial charge in [0.25, 0.3) is 5.91 Å². The van der Waals surface area contributed by atoms with Crippen LogP contribution in [0.4, 0.5) is 18.9 Å².